The topological polar surface area (TPSA) is 118 Å². The smallest absolute Gasteiger partial charge is 0.451 e. The Morgan fingerprint density at radius 3 is 2.17 bits per heavy atom. The van der Waals surface area contributed by atoms with Crippen LogP contribution in [0.3, 0.4) is 0 Å². The molecule has 23 heavy (non-hydrogen) atoms. The van der Waals surface area contributed by atoms with Crippen molar-refractivity contribution in [2.24, 2.45) is 17.8 Å². The van der Waals surface area contributed by atoms with Crippen molar-refractivity contribution in [3.8, 4) is 0 Å². The molecule has 2 aliphatic rings. The van der Waals surface area contributed by atoms with Gasteiger partial charge in [-0.2, -0.15) is 0 Å². The number of hydrogen-bond donors (Lipinski definition) is 4. The van der Waals surface area contributed by atoms with Crippen LogP contribution >= 0.6 is 0 Å². The van der Waals surface area contributed by atoms with Crippen LogP contribution in [0.4, 0.5) is 0 Å². The first-order chi connectivity index (χ1) is 10.9. The third kappa shape index (κ3) is 4.93. The Bertz CT molecular complexity index is 424. The SMILES string of the molecule is O=C(O)C1CCC(N2C[C@H](CCCB(O)O)[C@H](C(=O)O)C2)CC1. The molecule has 1 saturated carbocycles. The molecule has 0 unspecified atom stereocenters. The summed E-state index contributed by atoms with van der Waals surface area (Å²) in [7, 11) is -1.33. The maximum atomic E-state index is 11.5. The first-order valence-corrected chi connectivity index (χ1v) is 8.44. The Kier molecular flexibility index (Phi) is 6.44. The standard InChI is InChI=1S/C15H26BNO6/c18-14(19)10-3-5-12(6-4-10)17-8-11(2-1-7-16(22)23)13(9-17)15(20)21/h10-13,22-23H,1-9H2,(H,18,19)(H,20,21)/t10?,11-,12?,13+/m0/s1. The summed E-state index contributed by atoms with van der Waals surface area (Å²) in [4.78, 5) is 24.7. The summed E-state index contributed by atoms with van der Waals surface area (Å²) in [5, 5.41) is 36.3. The number of carboxylic acid groups (broad SMARTS) is 2. The van der Waals surface area contributed by atoms with Gasteiger partial charge in [-0.25, -0.2) is 0 Å². The number of carbonyl (C=O) groups is 2. The second-order valence-corrected chi connectivity index (χ2v) is 6.91. The lowest BCUT2D eigenvalue weighted by molar-refractivity contribution is -0.143. The zero-order valence-corrected chi connectivity index (χ0v) is 13.3. The van der Waals surface area contributed by atoms with E-state index >= 15 is 0 Å². The van der Waals surface area contributed by atoms with Crippen molar-refractivity contribution < 1.29 is 29.9 Å². The van der Waals surface area contributed by atoms with Gasteiger partial charge < -0.3 is 20.3 Å². The molecule has 7 nitrogen and oxygen atoms in total. The molecular formula is C15H26BNO6. The fourth-order valence-electron chi connectivity index (χ4n) is 4.03. The van der Waals surface area contributed by atoms with E-state index < -0.39 is 25.0 Å². The van der Waals surface area contributed by atoms with Gasteiger partial charge in [0.1, 0.15) is 0 Å². The zero-order chi connectivity index (χ0) is 17.0. The highest BCUT2D eigenvalue weighted by Gasteiger charge is 2.41. The van der Waals surface area contributed by atoms with E-state index in [2.05, 4.69) is 4.90 Å². The van der Waals surface area contributed by atoms with Gasteiger partial charge >= 0.3 is 19.1 Å². The van der Waals surface area contributed by atoms with Crippen molar-refractivity contribution in [2.45, 2.75) is 50.9 Å². The lowest BCUT2D eigenvalue weighted by atomic mass is 9.80. The zero-order valence-electron chi connectivity index (χ0n) is 13.3. The Balaban J connectivity index is 1.87. The van der Waals surface area contributed by atoms with Gasteiger partial charge in [-0.1, -0.05) is 6.42 Å². The maximum Gasteiger partial charge on any atom is 0.451 e. The summed E-state index contributed by atoms with van der Waals surface area (Å²) in [6, 6.07) is 0.279. The lowest BCUT2D eigenvalue weighted by Gasteiger charge is -2.33. The number of rotatable bonds is 7. The quantitative estimate of drug-likeness (QED) is 0.503. The molecule has 0 aromatic carbocycles. The number of hydrogen-bond acceptors (Lipinski definition) is 5. The molecule has 2 atom stereocenters. The van der Waals surface area contributed by atoms with Crippen LogP contribution in [0.25, 0.3) is 0 Å². The van der Waals surface area contributed by atoms with Gasteiger partial charge in [-0.3, -0.25) is 14.5 Å². The summed E-state index contributed by atoms with van der Waals surface area (Å²) in [5.74, 6) is -2.16. The minimum absolute atomic E-state index is 0.0310. The Hall–Kier alpha value is -1.12. The number of aliphatic carboxylic acids is 2. The molecule has 2 rings (SSSR count). The van der Waals surface area contributed by atoms with Gasteiger partial charge in [0.2, 0.25) is 0 Å². The Morgan fingerprint density at radius 2 is 1.65 bits per heavy atom. The van der Waals surface area contributed by atoms with E-state index in [-0.39, 0.29) is 24.2 Å². The summed E-state index contributed by atoms with van der Waals surface area (Å²) < 4.78 is 0. The van der Waals surface area contributed by atoms with Gasteiger partial charge in [0.25, 0.3) is 0 Å². The average molecular weight is 327 g/mol. The molecule has 4 N–H and O–H groups in total. The van der Waals surface area contributed by atoms with Crippen LogP contribution in [0.5, 0.6) is 0 Å². The van der Waals surface area contributed by atoms with Crippen LogP contribution in [-0.2, 0) is 9.59 Å². The van der Waals surface area contributed by atoms with Crippen LogP contribution in [0, 0.1) is 17.8 Å². The normalized spacial score (nSPS) is 31.9. The largest absolute Gasteiger partial charge is 0.481 e. The maximum absolute atomic E-state index is 11.5. The fourth-order valence-corrected chi connectivity index (χ4v) is 4.03. The van der Waals surface area contributed by atoms with Crippen LogP contribution < -0.4 is 0 Å². The molecule has 0 bridgehead atoms. The van der Waals surface area contributed by atoms with E-state index in [1.54, 1.807) is 0 Å². The van der Waals surface area contributed by atoms with Gasteiger partial charge in [0, 0.05) is 19.1 Å². The monoisotopic (exact) mass is 327 g/mol. The highest BCUT2D eigenvalue weighted by molar-refractivity contribution is 6.40. The minimum Gasteiger partial charge on any atom is -0.481 e. The summed E-state index contributed by atoms with van der Waals surface area (Å²) >= 11 is 0. The van der Waals surface area contributed by atoms with Crippen molar-refractivity contribution in [3.05, 3.63) is 0 Å². The van der Waals surface area contributed by atoms with Gasteiger partial charge in [0.15, 0.2) is 0 Å². The highest BCUT2D eigenvalue weighted by Crippen LogP contribution is 2.35. The molecule has 1 heterocycles. The minimum atomic E-state index is -1.33. The van der Waals surface area contributed by atoms with Crippen molar-refractivity contribution in [1.82, 2.24) is 4.90 Å². The number of likely N-dealkylation sites (tertiary alicyclic amines) is 1. The van der Waals surface area contributed by atoms with Crippen LogP contribution in [0.15, 0.2) is 0 Å². The molecule has 0 spiro atoms. The molecule has 2 fully saturated rings. The molecular weight excluding hydrogens is 301 g/mol. The highest BCUT2D eigenvalue weighted by atomic mass is 16.4. The van der Waals surface area contributed by atoms with Crippen LogP contribution in [0.1, 0.15) is 38.5 Å². The molecule has 0 amide bonds. The van der Waals surface area contributed by atoms with E-state index in [1.807, 2.05) is 0 Å². The lowest BCUT2D eigenvalue weighted by Crippen LogP contribution is -2.38. The first-order valence-electron chi connectivity index (χ1n) is 8.44. The summed E-state index contributed by atoms with van der Waals surface area (Å²) in [6.07, 6.45) is 4.50. The third-order valence-corrected chi connectivity index (χ3v) is 5.39. The van der Waals surface area contributed by atoms with Crippen molar-refractivity contribution >= 4 is 19.1 Å². The van der Waals surface area contributed by atoms with Crippen molar-refractivity contribution in [2.75, 3.05) is 13.1 Å². The van der Waals surface area contributed by atoms with E-state index in [0.717, 1.165) is 12.8 Å². The second kappa shape index (κ2) is 8.12. The first kappa shape index (κ1) is 18.2. The molecule has 1 saturated heterocycles. The van der Waals surface area contributed by atoms with E-state index in [1.165, 1.54) is 0 Å². The fraction of sp³-hybridized carbons (Fsp3) is 0.867. The molecule has 1 aliphatic heterocycles. The summed E-state index contributed by atoms with van der Waals surface area (Å²) in [6.45, 7) is 1.23. The summed E-state index contributed by atoms with van der Waals surface area (Å²) in [5.41, 5.74) is 0. The Labute approximate surface area is 136 Å². The molecule has 8 heteroatoms. The van der Waals surface area contributed by atoms with E-state index in [9.17, 15) is 14.7 Å². The van der Waals surface area contributed by atoms with Crippen LogP contribution in [-0.4, -0.2) is 63.3 Å². The second-order valence-electron chi connectivity index (χ2n) is 6.91. The predicted octanol–water partition coefficient (Wildman–Crippen LogP) is 0.515. The molecule has 130 valence electrons. The van der Waals surface area contributed by atoms with E-state index in [4.69, 9.17) is 15.2 Å². The predicted molar refractivity (Wildman–Crippen MR) is 83.8 cm³/mol. The van der Waals surface area contributed by atoms with Gasteiger partial charge in [-0.05, 0) is 44.3 Å². The molecule has 1 aliphatic carbocycles. The molecule has 0 aromatic rings. The van der Waals surface area contributed by atoms with E-state index in [0.29, 0.717) is 38.8 Å². The number of carboxylic acids is 2. The van der Waals surface area contributed by atoms with Crippen LogP contribution in [0.2, 0.25) is 6.32 Å². The molecule has 0 radical (unpaired) electrons. The van der Waals surface area contributed by atoms with Gasteiger partial charge in [-0.15, -0.1) is 0 Å². The Morgan fingerprint density at radius 1 is 1.00 bits per heavy atom. The third-order valence-electron chi connectivity index (χ3n) is 5.39. The van der Waals surface area contributed by atoms with Crippen molar-refractivity contribution in [1.29, 1.82) is 0 Å². The van der Waals surface area contributed by atoms with Gasteiger partial charge in [0.05, 0.1) is 11.8 Å². The average Bonchev–Trinajstić information content (AvgIpc) is 2.91. The van der Waals surface area contributed by atoms with Crippen molar-refractivity contribution in [3.63, 3.8) is 0 Å². The number of nitrogens with zero attached hydrogens (tertiary/aromatic N) is 1. The molecule has 0 aromatic heterocycles.